The third-order valence-electron chi connectivity index (χ3n) is 7.46. The Kier molecular flexibility index (Phi) is 6.97. The molecule has 0 unspecified atom stereocenters. The van der Waals surface area contributed by atoms with Gasteiger partial charge in [-0.3, -0.25) is 14.6 Å². The molecule has 198 valence electrons. The van der Waals surface area contributed by atoms with E-state index in [9.17, 15) is 14.0 Å². The number of urea groups is 1. The van der Waals surface area contributed by atoms with Crippen LogP contribution < -0.4 is 14.5 Å². The van der Waals surface area contributed by atoms with Gasteiger partial charge in [0, 0.05) is 24.8 Å². The van der Waals surface area contributed by atoms with E-state index in [1.807, 2.05) is 51.1 Å². The SMILES string of the molecule is Cc1cccc(N2C(=O)N(c3cccc(F)c3)[C@@]3(CCN(Cc4cccc(OC(C)C)c4)[C@@H](C)C3)C2=O)c1. The average molecular weight is 516 g/mol. The van der Waals surface area contributed by atoms with Gasteiger partial charge in [-0.25, -0.2) is 14.1 Å². The number of benzene rings is 3. The molecule has 0 radical (unpaired) electrons. The molecule has 0 aromatic heterocycles. The highest BCUT2D eigenvalue weighted by Gasteiger charge is 2.60. The number of hydrogen-bond donors (Lipinski definition) is 0. The minimum Gasteiger partial charge on any atom is -0.491 e. The molecule has 3 amide bonds. The van der Waals surface area contributed by atoms with Gasteiger partial charge in [0.15, 0.2) is 0 Å². The van der Waals surface area contributed by atoms with E-state index in [0.717, 1.165) is 16.9 Å². The Hall–Kier alpha value is -3.71. The molecular weight excluding hydrogens is 481 g/mol. The van der Waals surface area contributed by atoms with Crippen molar-refractivity contribution in [2.75, 3.05) is 16.3 Å². The van der Waals surface area contributed by atoms with Crippen LogP contribution >= 0.6 is 0 Å². The summed E-state index contributed by atoms with van der Waals surface area (Å²) in [7, 11) is 0. The smallest absolute Gasteiger partial charge is 0.336 e. The predicted molar refractivity (Wildman–Crippen MR) is 147 cm³/mol. The summed E-state index contributed by atoms with van der Waals surface area (Å²) in [6.45, 7) is 9.34. The molecule has 3 aromatic rings. The van der Waals surface area contributed by atoms with Gasteiger partial charge in [-0.1, -0.05) is 30.3 Å². The van der Waals surface area contributed by atoms with Gasteiger partial charge in [0.2, 0.25) is 0 Å². The van der Waals surface area contributed by atoms with Crippen molar-refractivity contribution >= 4 is 23.3 Å². The number of ether oxygens (including phenoxy) is 1. The number of likely N-dealkylation sites (tertiary alicyclic amines) is 1. The number of amides is 3. The number of nitrogens with zero attached hydrogens (tertiary/aromatic N) is 3. The molecule has 5 rings (SSSR count). The van der Waals surface area contributed by atoms with Crippen LogP contribution in [0, 0.1) is 12.7 Å². The van der Waals surface area contributed by atoms with E-state index < -0.39 is 17.4 Å². The van der Waals surface area contributed by atoms with Crippen molar-refractivity contribution in [2.45, 2.75) is 64.8 Å². The van der Waals surface area contributed by atoms with Gasteiger partial charge in [0.05, 0.1) is 11.8 Å². The Balaban J connectivity index is 1.46. The highest BCUT2D eigenvalue weighted by atomic mass is 19.1. The molecular formula is C31H34FN3O3. The van der Waals surface area contributed by atoms with Gasteiger partial charge in [0.1, 0.15) is 17.1 Å². The number of rotatable bonds is 6. The van der Waals surface area contributed by atoms with Gasteiger partial charge in [-0.2, -0.15) is 0 Å². The summed E-state index contributed by atoms with van der Waals surface area (Å²) < 4.78 is 20.2. The summed E-state index contributed by atoms with van der Waals surface area (Å²) in [6.07, 6.45) is 0.983. The van der Waals surface area contributed by atoms with Crippen LogP contribution in [0.5, 0.6) is 5.75 Å². The normalized spacial score (nSPS) is 22.1. The maximum absolute atomic E-state index is 14.3. The molecule has 0 saturated carbocycles. The minimum atomic E-state index is -1.09. The third kappa shape index (κ3) is 4.78. The number of carbonyl (C=O) groups is 2. The Morgan fingerprint density at radius 3 is 2.45 bits per heavy atom. The van der Waals surface area contributed by atoms with Crippen LogP contribution in [0.2, 0.25) is 0 Å². The van der Waals surface area contributed by atoms with E-state index in [1.165, 1.54) is 21.9 Å². The predicted octanol–water partition coefficient (Wildman–Crippen LogP) is 6.32. The standard InChI is InChI=1S/C31H34FN3O3/c1-21(2)38-28-13-6-9-24(17-28)20-33-15-14-31(19-23(33)4)29(36)34(26-11-5-8-22(3)16-26)30(37)35(31)27-12-7-10-25(32)18-27/h5-13,16-18,21,23H,14-15,19-20H2,1-4H3/t23-,31+/m0/s1. The van der Waals surface area contributed by atoms with Gasteiger partial charge < -0.3 is 4.74 Å². The minimum absolute atomic E-state index is 0.00342. The summed E-state index contributed by atoms with van der Waals surface area (Å²) in [5.74, 6) is 0.137. The van der Waals surface area contributed by atoms with E-state index in [4.69, 9.17) is 4.74 Å². The first-order chi connectivity index (χ1) is 18.2. The maximum atomic E-state index is 14.3. The summed E-state index contributed by atoms with van der Waals surface area (Å²) in [4.78, 5) is 33.2. The number of piperidine rings is 1. The number of carbonyl (C=O) groups excluding carboxylic acids is 2. The zero-order valence-electron chi connectivity index (χ0n) is 22.4. The molecule has 0 bridgehead atoms. The Bertz CT molecular complexity index is 1360. The Labute approximate surface area is 223 Å². The van der Waals surface area contributed by atoms with Crippen molar-refractivity contribution in [1.82, 2.24) is 4.90 Å². The molecule has 38 heavy (non-hydrogen) atoms. The van der Waals surface area contributed by atoms with Crippen molar-refractivity contribution in [1.29, 1.82) is 0 Å². The quantitative estimate of drug-likeness (QED) is 0.361. The lowest BCUT2D eigenvalue weighted by Crippen LogP contribution is -2.59. The first-order valence-corrected chi connectivity index (χ1v) is 13.2. The molecule has 3 aromatic carbocycles. The molecule has 7 heteroatoms. The van der Waals surface area contributed by atoms with E-state index in [1.54, 1.807) is 18.2 Å². The molecule has 0 N–H and O–H groups in total. The first-order valence-electron chi connectivity index (χ1n) is 13.2. The number of imide groups is 1. The van der Waals surface area contributed by atoms with Gasteiger partial charge in [-0.15, -0.1) is 0 Å². The average Bonchev–Trinajstić information content (AvgIpc) is 3.06. The summed E-state index contributed by atoms with van der Waals surface area (Å²) >= 11 is 0. The van der Waals surface area contributed by atoms with Crippen LogP contribution in [0.25, 0.3) is 0 Å². The fourth-order valence-electron chi connectivity index (χ4n) is 5.77. The Morgan fingerprint density at radius 2 is 1.74 bits per heavy atom. The van der Waals surface area contributed by atoms with E-state index in [-0.39, 0.29) is 18.1 Å². The van der Waals surface area contributed by atoms with Gasteiger partial charge in [0.25, 0.3) is 5.91 Å². The second-order valence-electron chi connectivity index (χ2n) is 10.7. The fourth-order valence-corrected chi connectivity index (χ4v) is 5.77. The molecule has 2 fully saturated rings. The van der Waals surface area contributed by atoms with E-state index in [2.05, 4.69) is 24.0 Å². The lowest BCUT2D eigenvalue weighted by Gasteiger charge is -2.45. The molecule has 2 atom stereocenters. The topological polar surface area (TPSA) is 53.1 Å². The second-order valence-corrected chi connectivity index (χ2v) is 10.7. The zero-order valence-corrected chi connectivity index (χ0v) is 22.4. The van der Waals surface area contributed by atoms with Crippen LogP contribution in [-0.2, 0) is 11.3 Å². The van der Waals surface area contributed by atoms with Crippen molar-refractivity contribution in [3.63, 3.8) is 0 Å². The summed E-state index contributed by atoms with van der Waals surface area (Å²) in [5, 5.41) is 0. The molecule has 0 aliphatic carbocycles. The van der Waals surface area contributed by atoms with Crippen LogP contribution in [0.15, 0.2) is 72.8 Å². The lowest BCUT2D eigenvalue weighted by molar-refractivity contribution is -0.123. The number of anilines is 2. The molecule has 2 heterocycles. The highest BCUT2D eigenvalue weighted by Crippen LogP contribution is 2.44. The Morgan fingerprint density at radius 1 is 1.00 bits per heavy atom. The monoisotopic (exact) mass is 515 g/mol. The van der Waals surface area contributed by atoms with Gasteiger partial charge >= 0.3 is 6.03 Å². The fraction of sp³-hybridized carbons (Fsp3) is 0.355. The zero-order chi connectivity index (χ0) is 27.0. The highest BCUT2D eigenvalue weighted by molar-refractivity contribution is 6.30. The van der Waals surface area contributed by atoms with Crippen LogP contribution in [0.3, 0.4) is 0 Å². The lowest BCUT2D eigenvalue weighted by atomic mass is 9.81. The van der Waals surface area contributed by atoms with E-state index in [0.29, 0.717) is 37.3 Å². The van der Waals surface area contributed by atoms with E-state index >= 15 is 0 Å². The number of halogens is 1. The molecule has 6 nitrogen and oxygen atoms in total. The third-order valence-corrected chi connectivity index (χ3v) is 7.46. The maximum Gasteiger partial charge on any atom is 0.336 e. The van der Waals surface area contributed by atoms with Crippen LogP contribution in [-0.4, -0.2) is 41.1 Å². The molecule has 1 spiro atoms. The van der Waals surface area contributed by atoms with Crippen LogP contribution in [0.1, 0.15) is 44.7 Å². The van der Waals surface area contributed by atoms with Crippen molar-refractivity contribution < 1.29 is 18.7 Å². The number of hydrogen-bond acceptors (Lipinski definition) is 4. The molecule has 2 aliphatic heterocycles. The molecule has 2 aliphatic rings. The van der Waals surface area contributed by atoms with Crippen LogP contribution in [0.4, 0.5) is 20.6 Å². The van der Waals surface area contributed by atoms with Crippen molar-refractivity contribution in [3.05, 3.63) is 89.7 Å². The second kappa shape index (κ2) is 10.2. The molecule has 2 saturated heterocycles. The van der Waals surface area contributed by atoms with Crippen molar-refractivity contribution in [2.24, 2.45) is 0 Å². The summed E-state index contributed by atoms with van der Waals surface area (Å²) in [6, 6.07) is 21.0. The number of aryl methyl sites for hydroxylation is 1. The summed E-state index contributed by atoms with van der Waals surface area (Å²) in [5.41, 5.74) is 1.93. The largest absolute Gasteiger partial charge is 0.491 e. The van der Waals surface area contributed by atoms with Gasteiger partial charge in [-0.05, 0) is 94.1 Å². The first kappa shape index (κ1) is 25.9. The van der Waals surface area contributed by atoms with Crippen molar-refractivity contribution in [3.8, 4) is 5.75 Å².